The van der Waals surface area contributed by atoms with Crippen molar-refractivity contribution in [3.05, 3.63) is 90.2 Å². The third-order valence-corrected chi connectivity index (χ3v) is 18.5. The van der Waals surface area contributed by atoms with Crippen LogP contribution >= 0.6 is 0 Å². The number of primary amides is 1. The van der Waals surface area contributed by atoms with Gasteiger partial charge in [0.1, 0.15) is 12.4 Å². The fourth-order valence-electron chi connectivity index (χ4n) is 12.1. The molecule has 24 heteroatoms. The van der Waals surface area contributed by atoms with Crippen LogP contribution in [0.3, 0.4) is 0 Å². The van der Waals surface area contributed by atoms with E-state index in [1.807, 2.05) is 58.0 Å². The van der Waals surface area contributed by atoms with Gasteiger partial charge in [-0.25, -0.2) is 9.59 Å². The Bertz CT molecular complexity index is 2940. The molecular weight excluding hydrogens is 1210 g/mol. The molecule has 4 rings (SSSR count). The Labute approximate surface area is 555 Å². The summed E-state index contributed by atoms with van der Waals surface area (Å²) >= 11 is 0. The van der Waals surface area contributed by atoms with Gasteiger partial charge in [0.25, 0.3) is 11.8 Å². The summed E-state index contributed by atoms with van der Waals surface area (Å²) < 4.78 is 17.8. The topological polar surface area (TPSA) is 323 Å². The number of amides is 10. The van der Waals surface area contributed by atoms with E-state index in [2.05, 4.69) is 27.8 Å². The van der Waals surface area contributed by atoms with Gasteiger partial charge in [-0.1, -0.05) is 110 Å². The molecule has 24 nitrogen and oxygen atoms in total. The van der Waals surface area contributed by atoms with Crippen LogP contribution in [0.15, 0.2) is 79.1 Å². The molecule has 1 fully saturated rings. The summed E-state index contributed by atoms with van der Waals surface area (Å²) in [5, 5.41) is 21.5. The molecule has 2 aliphatic rings. The number of Topliss-reactive ketones (excluding diaryl/α,β-unsaturated/α-hetero) is 2. The Hall–Kier alpha value is -7.99. The lowest BCUT2D eigenvalue weighted by atomic mass is 9.82. The summed E-state index contributed by atoms with van der Waals surface area (Å²) in [4.78, 5) is 153. The van der Waals surface area contributed by atoms with Crippen molar-refractivity contribution in [3.63, 3.8) is 0 Å². The molecule has 520 valence electrons. The molecule has 7 N–H and O–H groups in total. The number of carbonyl (C=O) groups is 11. The number of likely N-dealkylation sites (N-methyl/N-ethyl adjacent to an activating group) is 2. The van der Waals surface area contributed by atoms with E-state index < -0.39 is 83.5 Å². The maximum Gasteiger partial charge on any atom is 0.410 e. The molecule has 2 aromatic carbocycles. The first-order valence-corrected chi connectivity index (χ1v) is 32.9. The first-order chi connectivity index (χ1) is 44.4. The summed E-state index contributed by atoms with van der Waals surface area (Å²) in [5.41, 5.74) is 5.65. The number of rotatable bonds is 40. The van der Waals surface area contributed by atoms with Crippen molar-refractivity contribution in [3.8, 4) is 0 Å². The predicted molar refractivity (Wildman–Crippen MR) is 356 cm³/mol. The van der Waals surface area contributed by atoms with Crippen molar-refractivity contribution in [2.75, 3.05) is 53.3 Å². The SMILES string of the molecule is C=C(O)[C@H](Cc1ccccc1)NC(=O)[C@H](C)[C@@H](OC)[C@@H]1CCCN1C(=O)C[C@@H](OC)[C@H]([C@@H](C)CC)N(C)C(=O)[C@@H](CC(=O)C(C)(C)N(C)C(=O)OCc1ccc(NC(=O)[C@H](CCCNC(N)=O)CC(=O)[C@@H](NC(=O)CCCCCN2C(=O)C=CC2=O)C(C)C)cc1)C(C)C. The normalized spacial score (nSPS) is 16.9. The number of benzene rings is 2. The van der Waals surface area contributed by atoms with Crippen molar-refractivity contribution in [1.82, 2.24) is 35.6 Å². The highest BCUT2D eigenvalue weighted by atomic mass is 16.6. The van der Waals surface area contributed by atoms with Crippen LogP contribution in [0.4, 0.5) is 15.3 Å². The van der Waals surface area contributed by atoms with Crippen LogP contribution in [0.2, 0.25) is 0 Å². The minimum Gasteiger partial charge on any atom is -0.511 e. The number of aliphatic hydroxyl groups is 1. The number of nitrogens with zero attached hydrogens (tertiary/aromatic N) is 4. The van der Waals surface area contributed by atoms with E-state index in [1.165, 1.54) is 38.3 Å². The van der Waals surface area contributed by atoms with Crippen LogP contribution < -0.4 is 27.0 Å². The van der Waals surface area contributed by atoms with E-state index >= 15 is 0 Å². The molecular formula is C70H105N9O15. The number of imide groups is 1. The van der Waals surface area contributed by atoms with Crippen LogP contribution in [0, 0.1) is 35.5 Å². The predicted octanol–water partition coefficient (Wildman–Crippen LogP) is 7.57. The highest BCUT2D eigenvalue weighted by molar-refractivity contribution is 6.12. The summed E-state index contributed by atoms with van der Waals surface area (Å²) in [5.74, 6) is -6.59. The minimum atomic E-state index is -1.44. The van der Waals surface area contributed by atoms with Crippen molar-refractivity contribution in [2.24, 2.45) is 41.2 Å². The van der Waals surface area contributed by atoms with Crippen molar-refractivity contribution >= 4 is 70.7 Å². The lowest BCUT2D eigenvalue weighted by Crippen LogP contribution is -2.55. The molecule has 10 amide bonds. The van der Waals surface area contributed by atoms with Gasteiger partial charge < -0.3 is 56.1 Å². The maximum atomic E-state index is 14.8. The Balaban J connectivity index is 1.36. The number of hydrogen-bond donors (Lipinski definition) is 6. The Morgan fingerprint density at radius 1 is 0.798 bits per heavy atom. The summed E-state index contributed by atoms with van der Waals surface area (Å²) in [6, 6.07) is 12.5. The number of nitrogens with one attached hydrogen (secondary N) is 4. The summed E-state index contributed by atoms with van der Waals surface area (Å²) in [7, 11) is 6.12. The number of ether oxygens (including phenoxy) is 3. The van der Waals surface area contributed by atoms with Gasteiger partial charge in [-0.15, -0.1) is 0 Å². The largest absolute Gasteiger partial charge is 0.511 e. The van der Waals surface area contributed by atoms with E-state index in [9.17, 15) is 57.8 Å². The molecule has 94 heavy (non-hydrogen) atoms. The first-order valence-electron chi connectivity index (χ1n) is 32.9. The number of urea groups is 1. The Morgan fingerprint density at radius 3 is 2.02 bits per heavy atom. The number of nitrogens with two attached hydrogens (primary N) is 1. The number of hydrogen-bond acceptors (Lipinski definition) is 15. The molecule has 0 aliphatic carbocycles. The lowest BCUT2D eigenvalue weighted by molar-refractivity contribution is -0.149. The van der Waals surface area contributed by atoms with Gasteiger partial charge in [0.05, 0.1) is 54.3 Å². The van der Waals surface area contributed by atoms with Gasteiger partial charge in [0.2, 0.25) is 29.5 Å². The second kappa shape index (κ2) is 37.8. The first kappa shape index (κ1) is 78.5. The van der Waals surface area contributed by atoms with Gasteiger partial charge in [-0.3, -0.25) is 53.0 Å². The third-order valence-electron chi connectivity index (χ3n) is 18.5. The molecule has 2 aromatic rings. The van der Waals surface area contributed by atoms with E-state index in [4.69, 9.17) is 19.9 Å². The monoisotopic (exact) mass is 1310 g/mol. The zero-order valence-corrected chi connectivity index (χ0v) is 57.5. The second-order valence-corrected chi connectivity index (χ2v) is 26.2. The van der Waals surface area contributed by atoms with Crippen LogP contribution in [0.1, 0.15) is 150 Å². The number of ketones is 2. The Morgan fingerprint density at radius 2 is 1.45 bits per heavy atom. The average molecular weight is 1310 g/mol. The summed E-state index contributed by atoms with van der Waals surface area (Å²) in [6.45, 7) is 20.5. The van der Waals surface area contributed by atoms with Crippen LogP contribution in [-0.4, -0.2) is 180 Å². The zero-order valence-electron chi connectivity index (χ0n) is 57.5. The van der Waals surface area contributed by atoms with Gasteiger partial charge >= 0.3 is 12.1 Å². The molecule has 0 saturated carbocycles. The van der Waals surface area contributed by atoms with Crippen LogP contribution in [0.25, 0.3) is 0 Å². The third kappa shape index (κ3) is 22.9. The summed E-state index contributed by atoms with van der Waals surface area (Å²) in [6.07, 6.45) is 4.08. The van der Waals surface area contributed by atoms with E-state index in [-0.39, 0.29) is 117 Å². The number of aliphatic hydroxyl groups excluding tert-OH is 1. The molecule has 1 saturated heterocycles. The second-order valence-electron chi connectivity index (χ2n) is 26.2. The molecule has 0 spiro atoms. The molecule has 2 heterocycles. The highest BCUT2D eigenvalue weighted by Gasteiger charge is 2.45. The number of methoxy groups -OCH3 is 2. The van der Waals surface area contributed by atoms with Gasteiger partial charge in [0, 0.05) is 96.9 Å². The van der Waals surface area contributed by atoms with Crippen molar-refractivity contribution < 1.29 is 72.1 Å². The smallest absolute Gasteiger partial charge is 0.410 e. The fourth-order valence-corrected chi connectivity index (χ4v) is 12.1. The lowest BCUT2D eigenvalue weighted by Gasteiger charge is -2.41. The number of unbranched alkanes of at least 4 members (excludes halogenated alkanes) is 2. The van der Waals surface area contributed by atoms with Gasteiger partial charge in [0.15, 0.2) is 11.6 Å². The molecule has 0 radical (unpaired) electrons. The van der Waals surface area contributed by atoms with Crippen molar-refractivity contribution in [2.45, 2.75) is 194 Å². The standard InChI is InChI=1S/C70H105N9O15/c1-15-45(6)63(56(92-13)41-61(86)78-37-23-27-54(78)64(93-14)46(7)65(87)74-53(47(8)80)38-48-24-18-16-19-25-48)76(11)67(89)52(43(2)3)40-57(82)70(9,10)77(12)69(91)94-42-49-29-31-51(32-30-49)73-66(88)50(26-22-35-72-68(71)90)39-55(81)62(44(4)5)75-58(83)28-20-17-21-36-79-59(84)33-34-60(79)85/h16,18-19,24-25,29-34,43-46,50,52-54,56,62-64,80H,8,15,17,20-23,26-28,35-42H2,1-7,9-14H3,(H,73,88)(H,74,87)(H,75,83)(H3,71,72,90)/t45-,46+,50+,52-,53-,54-,56+,62-,63-,64+/m0/s1. The van der Waals surface area contributed by atoms with Gasteiger partial charge in [-0.2, -0.15) is 0 Å². The van der Waals surface area contributed by atoms with E-state index in [1.54, 1.807) is 75.7 Å². The van der Waals surface area contributed by atoms with E-state index in [0.29, 0.717) is 69.2 Å². The number of carbonyl (C=O) groups excluding carboxylic acids is 11. The van der Waals surface area contributed by atoms with Crippen molar-refractivity contribution in [1.29, 1.82) is 0 Å². The van der Waals surface area contributed by atoms with E-state index in [0.717, 1.165) is 10.5 Å². The molecule has 0 bridgehead atoms. The minimum absolute atomic E-state index is 0.0828. The molecule has 0 aromatic heterocycles. The number of anilines is 1. The van der Waals surface area contributed by atoms with Crippen LogP contribution in [-0.2, 0) is 70.4 Å². The number of likely N-dealkylation sites (tertiary alicyclic amines) is 1. The quantitative estimate of drug-likeness (QED) is 0.0213. The fraction of sp³-hybridized carbons (Fsp3) is 0.614. The maximum absolute atomic E-state index is 14.8. The highest BCUT2D eigenvalue weighted by Crippen LogP contribution is 2.32. The molecule has 10 atom stereocenters. The molecule has 2 aliphatic heterocycles. The zero-order chi connectivity index (χ0) is 70.1. The molecule has 0 unspecified atom stereocenters. The Kier molecular flexibility index (Phi) is 31.5. The van der Waals surface area contributed by atoms with Gasteiger partial charge in [-0.05, 0) is 99.8 Å². The van der Waals surface area contributed by atoms with Crippen LogP contribution in [0.5, 0.6) is 0 Å². The average Bonchev–Trinajstić information content (AvgIpc) is 1.19.